The Morgan fingerprint density at radius 3 is 2.12 bits per heavy atom. The molecule has 12 heteroatoms. The Bertz CT molecular complexity index is 613. The Kier molecular flexibility index (Phi) is 18.8. The van der Waals surface area contributed by atoms with E-state index >= 15 is 0 Å². The SMILES string of the molecule is CC.[CH2-]C1CCN(C(=O)OCC(O)(O)O)C1.[CH2-]CC(C[CH2-])c1ccnn1C(O)(O)O.[CH3-].[Na+]. The molecule has 11 nitrogen and oxygen atoms in total. The van der Waals surface area contributed by atoms with Gasteiger partial charge in [0, 0.05) is 18.4 Å². The van der Waals surface area contributed by atoms with E-state index < -0.39 is 24.8 Å². The molecule has 0 bridgehead atoms. The van der Waals surface area contributed by atoms with E-state index in [0.717, 1.165) is 11.1 Å². The summed E-state index contributed by atoms with van der Waals surface area (Å²) < 4.78 is 5.19. The van der Waals surface area contributed by atoms with Gasteiger partial charge in [-0.3, -0.25) is 0 Å². The molecule has 184 valence electrons. The van der Waals surface area contributed by atoms with Gasteiger partial charge in [-0.05, 0) is 12.6 Å². The molecule has 1 aliphatic rings. The summed E-state index contributed by atoms with van der Waals surface area (Å²) in [4.78, 5) is 12.6. The summed E-state index contributed by atoms with van der Waals surface area (Å²) in [6.07, 6.45) is -0.349. The summed E-state index contributed by atoms with van der Waals surface area (Å²) in [7, 11) is 0. The number of amides is 1. The normalized spacial score (nSPS) is 15.5. The van der Waals surface area contributed by atoms with Crippen LogP contribution >= 0.6 is 0 Å². The smallest absolute Gasteiger partial charge is 0.441 e. The average Bonchev–Trinajstić information content (AvgIpc) is 3.32. The maximum atomic E-state index is 11.2. The molecule has 1 amide bonds. The van der Waals surface area contributed by atoms with Crippen molar-refractivity contribution >= 4 is 6.09 Å². The first-order chi connectivity index (χ1) is 13.9. The minimum Gasteiger partial charge on any atom is -0.441 e. The number of aliphatic hydroxyl groups is 6. The van der Waals surface area contributed by atoms with Gasteiger partial charge >= 0.3 is 47.7 Å². The van der Waals surface area contributed by atoms with Crippen LogP contribution in [0, 0.1) is 34.1 Å². The van der Waals surface area contributed by atoms with Gasteiger partial charge in [0.15, 0.2) is 6.61 Å². The number of aromatic nitrogens is 2. The third kappa shape index (κ3) is 13.1. The number of carbonyl (C=O) groups excluding carboxylic acids is 1. The maximum Gasteiger partial charge on any atom is 1.00 e. The molecule has 32 heavy (non-hydrogen) atoms. The predicted octanol–water partition coefficient (Wildman–Crippen LogP) is -2.65. The van der Waals surface area contributed by atoms with Gasteiger partial charge in [0.2, 0.25) is 0 Å². The van der Waals surface area contributed by atoms with Crippen molar-refractivity contribution in [2.75, 3.05) is 19.7 Å². The van der Waals surface area contributed by atoms with Crippen LogP contribution in [0.1, 0.15) is 44.7 Å². The number of ether oxygens (including phenoxy) is 1. The zero-order chi connectivity index (χ0) is 23.5. The predicted molar refractivity (Wildman–Crippen MR) is 113 cm³/mol. The summed E-state index contributed by atoms with van der Waals surface area (Å²) >= 11 is 0. The molecule has 1 aromatic rings. The Balaban J connectivity index is -0.000000461. The molecule has 0 aromatic carbocycles. The minimum absolute atomic E-state index is 0. The number of hydrogen-bond donors (Lipinski definition) is 6. The first kappa shape index (κ1) is 35.8. The van der Waals surface area contributed by atoms with Crippen molar-refractivity contribution in [2.45, 2.75) is 51.1 Å². The van der Waals surface area contributed by atoms with Crippen LogP contribution in [0.25, 0.3) is 0 Å². The van der Waals surface area contributed by atoms with Crippen molar-refractivity contribution in [1.82, 2.24) is 14.7 Å². The standard InChI is InChI=1S/C9H14N2O3.C8H14NO5.C2H6.CH3.Na/c1-3-7(4-2)8-5-6-10-11(8)9(12,13)14;1-6-2-3-9(4-6)7(10)14-5-8(11,12)13;1-2;;/h5-7,12-14H,1-4H2;6,11-13H,1-5H2;1-2H3;1H3;/q-2;-1;;-1;+1. The molecule has 1 unspecified atom stereocenters. The maximum absolute atomic E-state index is 11.2. The van der Waals surface area contributed by atoms with Crippen LogP contribution in [0.5, 0.6) is 0 Å². The molecule has 0 radical (unpaired) electrons. The molecule has 1 aliphatic heterocycles. The largest absolute Gasteiger partial charge is 1.00 e. The van der Waals surface area contributed by atoms with Crippen LogP contribution < -0.4 is 29.6 Å². The fourth-order valence-corrected chi connectivity index (χ4v) is 2.56. The molecule has 2 heterocycles. The number of rotatable bonds is 6. The van der Waals surface area contributed by atoms with E-state index in [0.29, 0.717) is 31.6 Å². The number of likely N-dealkylation sites (tertiary alicyclic amines) is 1. The molecule has 1 aromatic heterocycles. The third-order valence-electron chi connectivity index (χ3n) is 4.00. The molecule has 1 atom stereocenters. The van der Waals surface area contributed by atoms with Crippen LogP contribution in [-0.2, 0) is 10.8 Å². The minimum atomic E-state index is -2.96. The fourth-order valence-electron chi connectivity index (χ4n) is 2.56. The van der Waals surface area contributed by atoms with Crippen molar-refractivity contribution < 1.29 is 69.7 Å². The molecule has 6 N–H and O–H groups in total. The summed E-state index contributed by atoms with van der Waals surface area (Å²) in [5.41, 5.74) is 0.502. The van der Waals surface area contributed by atoms with Crippen LogP contribution in [0.2, 0.25) is 0 Å². The van der Waals surface area contributed by atoms with Gasteiger partial charge in [-0.15, -0.1) is 5.92 Å². The van der Waals surface area contributed by atoms with E-state index in [1.807, 2.05) is 13.8 Å². The van der Waals surface area contributed by atoms with E-state index in [4.69, 9.17) is 30.6 Å². The first-order valence-corrected chi connectivity index (χ1v) is 9.61. The molecular weight excluding hydrogens is 433 g/mol. The molecule has 1 fully saturated rings. The Morgan fingerprint density at radius 2 is 1.75 bits per heavy atom. The second-order valence-corrected chi connectivity index (χ2v) is 6.47. The molecule has 0 aliphatic carbocycles. The van der Waals surface area contributed by atoms with E-state index in [9.17, 15) is 4.79 Å². The second kappa shape index (κ2) is 16.8. The quantitative estimate of drug-likeness (QED) is 0.148. The monoisotopic (exact) mass is 470 g/mol. The third-order valence-corrected chi connectivity index (χ3v) is 4.00. The van der Waals surface area contributed by atoms with E-state index in [2.05, 4.69) is 30.6 Å². The van der Waals surface area contributed by atoms with Crippen LogP contribution in [0.15, 0.2) is 12.3 Å². The summed E-state index contributed by atoms with van der Waals surface area (Å²) in [6, 6.07) is 1.60. The van der Waals surface area contributed by atoms with E-state index in [1.165, 1.54) is 11.1 Å². The van der Waals surface area contributed by atoms with Crippen molar-refractivity contribution in [3.8, 4) is 0 Å². The zero-order valence-electron chi connectivity index (χ0n) is 19.5. The van der Waals surface area contributed by atoms with Crippen LogP contribution in [0.4, 0.5) is 4.79 Å². The Hall–Kier alpha value is -0.760. The van der Waals surface area contributed by atoms with Gasteiger partial charge in [-0.2, -0.15) is 22.6 Å². The van der Waals surface area contributed by atoms with Crippen molar-refractivity contribution in [2.24, 2.45) is 5.92 Å². The van der Waals surface area contributed by atoms with Gasteiger partial charge in [0.1, 0.15) is 0 Å². The van der Waals surface area contributed by atoms with Gasteiger partial charge < -0.3 is 68.5 Å². The van der Waals surface area contributed by atoms with Gasteiger partial charge in [0.05, 0.1) is 0 Å². The molecule has 1 saturated heterocycles. The van der Waals surface area contributed by atoms with E-state index in [-0.39, 0.29) is 48.8 Å². The Labute approximate surface area is 212 Å². The Morgan fingerprint density at radius 1 is 1.22 bits per heavy atom. The first-order valence-electron chi connectivity index (χ1n) is 9.61. The van der Waals surface area contributed by atoms with Crippen LogP contribution in [0.3, 0.4) is 0 Å². The number of carbonyl (C=O) groups is 1. The topological polar surface area (TPSA) is 169 Å². The van der Waals surface area contributed by atoms with Crippen LogP contribution in [-0.4, -0.2) is 77.1 Å². The molecule has 0 spiro atoms. The van der Waals surface area contributed by atoms with Crippen molar-refractivity contribution in [3.05, 3.63) is 46.2 Å². The molecular formula is C20H37N3NaO8-3. The van der Waals surface area contributed by atoms with E-state index in [1.54, 1.807) is 6.07 Å². The summed E-state index contributed by atoms with van der Waals surface area (Å²) in [5, 5.41) is 55.9. The van der Waals surface area contributed by atoms with Gasteiger partial charge in [-0.25, -0.2) is 4.79 Å². The van der Waals surface area contributed by atoms with Crippen molar-refractivity contribution in [1.29, 1.82) is 0 Å². The fraction of sp³-hybridized carbons (Fsp3) is 0.600. The average molecular weight is 471 g/mol. The van der Waals surface area contributed by atoms with Gasteiger partial charge in [0.25, 0.3) is 0 Å². The second-order valence-electron chi connectivity index (χ2n) is 6.47. The number of nitrogens with zero attached hydrogens (tertiary/aromatic N) is 3. The summed E-state index contributed by atoms with van der Waals surface area (Å²) in [5.74, 6) is -2.83. The van der Waals surface area contributed by atoms with Crippen molar-refractivity contribution in [3.63, 3.8) is 0 Å². The number of hydrogen-bond acceptors (Lipinski definition) is 9. The molecule has 2 rings (SSSR count). The summed E-state index contributed by atoms with van der Waals surface area (Å²) in [6.45, 7) is 15.4. The zero-order valence-corrected chi connectivity index (χ0v) is 21.5. The van der Waals surface area contributed by atoms with Gasteiger partial charge in [-0.1, -0.05) is 26.2 Å². The molecule has 0 saturated carbocycles.